The van der Waals surface area contributed by atoms with E-state index in [4.69, 9.17) is 9.47 Å². The summed E-state index contributed by atoms with van der Waals surface area (Å²) in [6.07, 6.45) is 4.08. The predicted molar refractivity (Wildman–Crippen MR) is 118 cm³/mol. The highest BCUT2D eigenvalue weighted by Gasteiger charge is 2.29. The summed E-state index contributed by atoms with van der Waals surface area (Å²) in [4.78, 5) is 23.1. The molecule has 0 N–H and O–H groups in total. The Labute approximate surface area is 187 Å². The molecule has 1 aromatic rings. The van der Waals surface area contributed by atoms with Crippen LogP contribution in [0.2, 0.25) is 0 Å². The first kappa shape index (κ1) is 25.6. The SMILES string of the molecule is CCCC[C@@H](CC)COC(=O)CSc1ccc(S(=O)(=O)N2CCOCC2)cc1[N+](=O)[O-]. The molecule has 0 bridgehead atoms. The van der Waals surface area contributed by atoms with Gasteiger partial charge in [-0.15, -0.1) is 11.8 Å². The minimum atomic E-state index is -3.85. The van der Waals surface area contributed by atoms with Crippen LogP contribution in [0.4, 0.5) is 5.69 Å². The van der Waals surface area contributed by atoms with Crippen LogP contribution in [0.3, 0.4) is 0 Å². The molecule has 0 aromatic heterocycles. The maximum absolute atomic E-state index is 12.8. The molecule has 1 aliphatic rings. The highest BCUT2D eigenvalue weighted by Crippen LogP contribution is 2.32. The van der Waals surface area contributed by atoms with Crippen molar-refractivity contribution in [3.8, 4) is 0 Å². The third kappa shape index (κ3) is 7.44. The summed E-state index contributed by atoms with van der Waals surface area (Å²) in [5, 5.41) is 11.5. The largest absolute Gasteiger partial charge is 0.465 e. The summed E-state index contributed by atoms with van der Waals surface area (Å²) in [7, 11) is -3.85. The van der Waals surface area contributed by atoms with Gasteiger partial charge in [0.05, 0.1) is 40.3 Å². The Bertz CT molecular complexity index is 855. The average molecular weight is 475 g/mol. The standard InChI is InChI=1S/C20H30N2O7S2/c1-3-5-6-16(4-2)14-29-20(23)15-30-19-8-7-17(13-18(19)22(24)25)31(26,27)21-9-11-28-12-10-21/h7-8,13,16H,3-6,9-12,14-15H2,1-2H3/t16-/m1/s1. The molecule has 0 saturated carbocycles. The van der Waals surface area contributed by atoms with Gasteiger partial charge in [0.25, 0.3) is 5.69 Å². The van der Waals surface area contributed by atoms with Crippen molar-refractivity contribution in [2.24, 2.45) is 5.92 Å². The third-order valence-electron chi connectivity index (χ3n) is 5.10. The number of ether oxygens (including phenoxy) is 2. The quantitative estimate of drug-likeness (QED) is 0.196. The van der Waals surface area contributed by atoms with Crippen molar-refractivity contribution in [2.45, 2.75) is 49.3 Å². The summed E-state index contributed by atoms with van der Waals surface area (Å²) in [5.41, 5.74) is -0.346. The summed E-state index contributed by atoms with van der Waals surface area (Å²) in [6, 6.07) is 3.76. The van der Waals surface area contributed by atoms with Crippen molar-refractivity contribution in [3.63, 3.8) is 0 Å². The molecule has 1 aromatic carbocycles. The van der Waals surface area contributed by atoms with Crippen LogP contribution in [0.15, 0.2) is 28.0 Å². The molecule has 2 rings (SSSR count). The summed E-state index contributed by atoms with van der Waals surface area (Å²) < 4.78 is 37.3. The Kier molecular flexibility index (Phi) is 10.2. The van der Waals surface area contributed by atoms with Gasteiger partial charge in [0.2, 0.25) is 10.0 Å². The number of rotatable bonds is 12. The van der Waals surface area contributed by atoms with Crippen LogP contribution in [-0.4, -0.2) is 62.3 Å². The topological polar surface area (TPSA) is 116 Å². The summed E-state index contributed by atoms with van der Waals surface area (Å²) in [5.74, 6) is -0.215. The van der Waals surface area contributed by atoms with Gasteiger partial charge in [0.15, 0.2) is 0 Å². The fourth-order valence-electron chi connectivity index (χ4n) is 3.15. The minimum Gasteiger partial charge on any atom is -0.465 e. The van der Waals surface area contributed by atoms with Crippen LogP contribution < -0.4 is 0 Å². The molecule has 0 spiro atoms. The summed E-state index contributed by atoms with van der Waals surface area (Å²) >= 11 is 0.971. The molecule has 0 radical (unpaired) electrons. The van der Waals surface area contributed by atoms with Crippen LogP contribution in [-0.2, 0) is 24.3 Å². The van der Waals surface area contributed by atoms with Crippen molar-refractivity contribution in [1.82, 2.24) is 4.31 Å². The van der Waals surface area contributed by atoms with Crippen LogP contribution >= 0.6 is 11.8 Å². The van der Waals surface area contributed by atoms with Crippen LogP contribution in [0.1, 0.15) is 39.5 Å². The second-order valence-corrected chi connectivity index (χ2v) is 10.2. The van der Waals surface area contributed by atoms with Crippen molar-refractivity contribution >= 4 is 33.4 Å². The Balaban J connectivity index is 2.03. The number of esters is 1. The van der Waals surface area contributed by atoms with Gasteiger partial charge in [-0.25, -0.2) is 8.42 Å². The molecule has 0 amide bonds. The first-order chi connectivity index (χ1) is 14.8. The summed E-state index contributed by atoms with van der Waals surface area (Å²) in [6.45, 7) is 5.49. The number of carbonyl (C=O) groups excluding carboxylic acids is 1. The lowest BCUT2D eigenvalue weighted by atomic mass is 10.0. The highest BCUT2D eigenvalue weighted by atomic mass is 32.2. The van der Waals surface area contributed by atoms with Gasteiger partial charge in [-0.05, 0) is 24.5 Å². The van der Waals surface area contributed by atoms with E-state index in [9.17, 15) is 23.3 Å². The number of nitro groups is 1. The molecule has 1 heterocycles. The van der Waals surface area contributed by atoms with Gasteiger partial charge in [-0.2, -0.15) is 4.31 Å². The predicted octanol–water partition coefficient (Wildman–Crippen LogP) is 3.47. The Morgan fingerprint density at radius 1 is 1.32 bits per heavy atom. The lowest BCUT2D eigenvalue weighted by Crippen LogP contribution is -2.40. The monoisotopic (exact) mass is 474 g/mol. The molecule has 9 nitrogen and oxygen atoms in total. The van der Waals surface area contributed by atoms with Crippen LogP contribution in [0, 0.1) is 16.0 Å². The Hall–Kier alpha value is -1.69. The molecule has 1 saturated heterocycles. The number of nitrogens with zero attached hydrogens (tertiary/aromatic N) is 2. The van der Waals surface area contributed by atoms with Gasteiger partial charge in [0.1, 0.15) is 0 Å². The van der Waals surface area contributed by atoms with Gasteiger partial charge >= 0.3 is 5.97 Å². The lowest BCUT2D eigenvalue weighted by Gasteiger charge is -2.26. The maximum Gasteiger partial charge on any atom is 0.316 e. The van der Waals surface area contributed by atoms with E-state index < -0.39 is 20.9 Å². The number of hydrogen-bond donors (Lipinski definition) is 0. The van der Waals surface area contributed by atoms with E-state index in [1.807, 2.05) is 0 Å². The second-order valence-electron chi connectivity index (χ2n) is 7.29. The number of thioether (sulfide) groups is 1. The lowest BCUT2D eigenvalue weighted by molar-refractivity contribution is -0.388. The number of sulfonamides is 1. The number of nitro benzene ring substituents is 1. The van der Waals surface area contributed by atoms with Gasteiger partial charge < -0.3 is 9.47 Å². The molecular formula is C20H30N2O7S2. The van der Waals surface area contributed by atoms with E-state index in [1.54, 1.807) is 0 Å². The minimum absolute atomic E-state index is 0.0827. The zero-order valence-electron chi connectivity index (χ0n) is 17.9. The van der Waals surface area contributed by atoms with Gasteiger partial charge in [0, 0.05) is 19.2 Å². The Morgan fingerprint density at radius 2 is 2.03 bits per heavy atom. The fraction of sp³-hybridized carbons (Fsp3) is 0.650. The van der Waals surface area contributed by atoms with Crippen molar-refractivity contribution in [2.75, 3.05) is 38.7 Å². The molecule has 1 fully saturated rings. The Morgan fingerprint density at radius 3 is 2.65 bits per heavy atom. The van der Waals surface area contributed by atoms with E-state index in [2.05, 4.69) is 13.8 Å². The number of carbonyl (C=O) groups is 1. The average Bonchev–Trinajstić information content (AvgIpc) is 2.78. The number of hydrogen-bond acceptors (Lipinski definition) is 8. The molecule has 174 valence electrons. The van der Waals surface area contributed by atoms with E-state index in [1.165, 1.54) is 16.4 Å². The van der Waals surface area contributed by atoms with Crippen molar-refractivity contribution in [3.05, 3.63) is 28.3 Å². The first-order valence-electron chi connectivity index (χ1n) is 10.4. The third-order valence-corrected chi connectivity index (χ3v) is 8.03. The van der Waals surface area contributed by atoms with E-state index >= 15 is 0 Å². The fourth-order valence-corrected chi connectivity index (χ4v) is 5.38. The molecule has 31 heavy (non-hydrogen) atoms. The molecular weight excluding hydrogens is 444 g/mol. The molecule has 11 heteroatoms. The van der Waals surface area contributed by atoms with Crippen LogP contribution in [0.5, 0.6) is 0 Å². The van der Waals surface area contributed by atoms with Gasteiger partial charge in [-0.3, -0.25) is 14.9 Å². The molecule has 0 unspecified atom stereocenters. The van der Waals surface area contributed by atoms with Crippen LogP contribution in [0.25, 0.3) is 0 Å². The van der Waals surface area contributed by atoms with Gasteiger partial charge in [-0.1, -0.05) is 33.1 Å². The highest BCUT2D eigenvalue weighted by molar-refractivity contribution is 8.00. The number of morpholine rings is 1. The van der Waals surface area contributed by atoms with E-state index in [0.29, 0.717) is 12.5 Å². The smallest absolute Gasteiger partial charge is 0.316 e. The molecule has 0 aliphatic carbocycles. The second kappa shape index (κ2) is 12.4. The first-order valence-corrected chi connectivity index (χ1v) is 12.9. The maximum atomic E-state index is 12.8. The molecule has 1 atom stereocenters. The van der Waals surface area contributed by atoms with Crippen molar-refractivity contribution < 1.29 is 27.6 Å². The molecule has 1 aliphatic heterocycles. The number of benzene rings is 1. The van der Waals surface area contributed by atoms with E-state index in [0.717, 1.165) is 43.5 Å². The zero-order valence-corrected chi connectivity index (χ0v) is 19.6. The normalized spacial score (nSPS) is 16.1. The van der Waals surface area contributed by atoms with E-state index in [-0.39, 0.29) is 47.5 Å². The zero-order chi connectivity index (χ0) is 22.9. The number of unbranched alkanes of at least 4 members (excludes halogenated alkanes) is 1. The van der Waals surface area contributed by atoms with Crippen molar-refractivity contribution in [1.29, 1.82) is 0 Å².